The molecule has 1 aromatic heterocycles. The summed E-state index contributed by atoms with van der Waals surface area (Å²) in [7, 11) is -3.78. The standard InChI is InChI=1S/C26H31N3O4S/c1-20-12-13-22(17-25(20)34(31,32)28-18-21-9-4-2-5-10-21)26(30)27-19-23(24-11-8-16-33-24)29-14-6-3-7-15-29/h2,4-5,8-13,16-17,23,28H,3,6-7,14-15,18-19H2,1H3,(H,27,30). The van der Waals surface area contributed by atoms with E-state index in [4.69, 9.17) is 4.42 Å². The van der Waals surface area contributed by atoms with Crippen LogP contribution in [0.4, 0.5) is 0 Å². The Labute approximate surface area is 201 Å². The average molecular weight is 482 g/mol. The Morgan fingerprint density at radius 2 is 1.79 bits per heavy atom. The van der Waals surface area contributed by atoms with Gasteiger partial charge in [0.2, 0.25) is 10.0 Å². The van der Waals surface area contributed by atoms with E-state index in [1.165, 1.54) is 12.5 Å². The van der Waals surface area contributed by atoms with E-state index in [0.29, 0.717) is 17.7 Å². The maximum Gasteiger partial charge on any atom is 0.251 e. The van der Waals surface area contributed by atoms with Crippen molar-refractivity contribution >= 4 is 15.9 Å². The smallest absolute Gasteiger partial charge is 0.251 e. The van der Waals surface area contributed by atoms with E-state index >= 15 is 0 Å². The molecule has 0 saturated carbocycles. The van der Waals surface area contributed by atoms with Crippen LogP contribution in [0, 0.1) is 6.92 Å². The van der Waals surface area contributed by atoms with E-state index in [2.05, 4.69) is 14.9 Å². The first-order valence-corrected chi connectivity index (χ1v) is 13.1. The van der Waals surface area contributed by atoms with Crippen molar-refractivity contribution in [3.63, 3.8) is 0 Å². The maximum atomic E-state index is 13.0. The average Bonchev–Trinajstić information content (AvgIpc) is 3.39. The number of piperidine rings is 1. The van der Waals surface area contributed by atoms with Crippen LogP contribution in [-0.2, 0) is 16.6 Å². The van der Waals surface area contributed by atoms with Crippen molar-refractivity contribution in [1.29, 1.82) is 0 Å². The molecule has 4 rings (SSSR count). The molecule has 0 aliphatic carbocycles. The predicted molar refractivity (Wildman–Crippen MR) is 131 cm³/mol. The second kappa shape index (κ2) is 11.0. The van der Waals surface area contributed by atoms with Gasteiger partial charge >= 0.3 is 0 Å². The third-order valence-electron chi connectivity index (χ3n) is 6.21. The quantitative estimate of drug-likeness (QED) is 0.482. The van der Waals surface area contributed by atoms with E-state index in [9.17, 15) is 13.2 Å². The second-order valence-electron chi connectivity index (χ2n) is 8.63. The van der Waals surface area contributed by atoms with Crippen LogP contribution < -0.4 is 10.0 Å². The summed E-state index contributed by atoms with van der Waals surface area (Å²) in [6.07, 6.45) is 5.11. The van der Waals surface area contributed by atoms with E-state index in [0.717, 1.165) is 37.3 Å². The molecule has 7 nitrogen and oxygen atoms in total. The molecule has 0 radical (unpaired) electrons. The molecule has 2 heterocycles. The zero-order chi connectivity index (χ0) is 24.0. The Morgan fingerprint density at radius 3 is 2.50 bits per heavy atom. The number of hydrogen-bond donors (Lipinski definition) is 2. The molecular weight excluding hydrogens is 450 g/mol. The van der Waals surface area contributed by atoms with Gasteiger partial charge in [-0.15, -0.1) is 0 Å². The summed E-state index contributed by atoms with van der Waals surface area (Å²) in [5.41, 5.74) is 1.75. The van der Waals surface area contributed by atoms with Gasteiger partial charge in [0.1, 0.15) is 5.76 Å². The first-order chi connectivity index (χ1) is 16.4. The molecule has 1 saturated heterocycles. The molecule has 8 heteroatoms. The van der Waals surface area contributed by atoms with Crippen molar-refractivity contribution in [2.24, 2.45) is 0 Å². The van der Waals surface area contributed by atoms with Crippen LogP contribution in [0.5, 0.6) is 0 Å². The minimum atomic E-state index is -3.78. The van der Waals surface area contributed by atoms with Crippen molar-refractivity contribution in [3.05, 3.63) is 89.4 Å². The topological polar surface area (TPSA) is 91.7 Å². The summed E-state index contributed by atoms with van der Waals surface area (Å²) in [5.74, 6) is 0.507. The fourth-order valence-electron chi connectivity index (χ4n) is 4.29. The molecule has 0 bridgehead atoms. The molecule has 1 amide bonds. The lowest BCUT2D eigenvalue weighted by Gasteiger charge is -2.33. The van der Waals surface area contributed by atoms with Gasteiger partial charge in [-0.05, 0) is 68.2 Å². The molecule has 3 aromatic rings. The first-order valence-electron chi connectivity index (χ1n) is 11.6. The minimum absolute atomic E-state index is 0.0551. The van der Waals surface area contributed by atoms with Crippen molar-refractivity contribution in [2.75, 3.05) is 19.6 Å². The Kier molecular flexibility index (Phi) is 7.82. The molecule has 2 N–H and O–H groups in total. The number of aryl methyl sites for hydroxylation is 1. The van der Waals surface area contributed by atoms with Gasteiger partial charge in [0.15, 0.2) is 0 Å². The van der Waals surface area contributed by atoms with Crippen LogP contribution in [-0.4, -0.2) is 38.9 Å². The minimum Gasteiger partial charge on any atom is -0.468 e. The summed E-state index contributed by atoms with van der Waals surface area (Å²) < 4.78 is 34.2. The fourth-order valence-corrected chi connectivity index (χ4v) is 5.58. The molecule has 34 heavy (non-hydrogen) atoms. The van der Waals surface area contributed by atoms with Crippen LogP contribution in [0.1, 0.15) is 52.5 Å². The Hall–Kier alpha value is -2.94. The fraction of sp³-hybridized carbons (Fsp3) is 0.346. The van der Waals surface area contributed by atoms with Gasteiger partial charge in [0.25, 0.3) is 5.91 Å². The molecule has 1 aliphatic heterocycles. The van der Waals surface area contributed by atoms with Gasteiger partial charge in [0.05, 0.1) is 17.2 Å². The van der Waals surface area contributed by atoms with Crippen molar-refractivity contribution in [3.8, 4) is 0 Å². The number of sulfonamides is 1. The number of amides is 1. The Morgan fingerprint density at radius 1 is 1.03 bits per heavy atom. The molecule has 1 aliphatic rings. The highest BCUT2D eigenvalue weighted by Crippen LogP contribution is 2.25. The normalized spacial score (nSPS) is 15.7. The molecular formula is C26H31N3O4S. The number of carbonyl (C=O) groups is 1. The third-order valence-corrected chi connectivity index (χ3v) is 7.75. The highest BCUT2D eigenvalue weighted by atomic mass is 32.2. The van der Waals surface area contributed by atoms with Gasteiger partial charge < -0.3 is 9.73 Å². The molecule has 1 atom stereocenters. The second-order valence-corrected chi connectivity index (χ2v) is 10.4. The van der Waals surface area contributed by atoms with Crippen LogP contribution >= 0.6 is 0 Å². The van der Waals surface area contributed by atoms with Gasteiger partial charge in [-0.2, -0.15) is 0 Å². The van der Waals surface area contributed by atoms with Crippen LogP contribution in [0.3, 0.4) is 0 Å². The van der Waals surface area contributed by atoms with Crippen LogP contribution in [0.25, 0.3) is 0 Å². The Bertz CT molecular complexity index is 1190. The van der Waals surface area contributed by atoms with Crippen LogP contribution in [0.2, 0.25) is 0 Å². The summed E-state index contributed by atoms with van der Waals surface area (Å²) >= 11 is 0. The number of carbonyl (C=O) groups excluding carboxylic acids is 1. The zero-order valence-electron chi connectivity index (χ0n) is 19.4. The number of nitrogens with one attached hydrogen (secondary N) is 2. The van der Waals surface area contributed by atoms with E-state index in [1.54, 1.807) is 25.3 Å². The summed E-state index contributed by atoms with van der Waals surface area (Å²) in [5, 5.41) is 2.98. The van der Waals surface area contributed by atoms with Crippen molar-refractivity contribution < 1.29 is 17.6 Å². The first kappa shape index (κ1) is 24.2. The summed E-state index contributed by atoms with van der Waals surface area (Å²) in [4.78, 5) is 15.4. The highest BCUT2D eigenvalue weighted by Gasteiger charge is 2.25. The van der Waals surface area contributed by atoms with E-state index < -0.39 is 10.0 Å². The van der Waals surface area contributed by atoms with E-state index in [1.807, 2.05) is 42.5 Å². The summed E-state index contributed by atoms with van der Waals surface area (Å²) in [6, 6.07) is 17.8. The molecule has 1 fully saturated rings. The third kappa shape index (κ3) is 5.94. The number of furan rings is 1. The molecule has 0 spiro atoms. The van der Waals surface area contributed by atoms with Gasteiger partial charge in [-0.3, -0.25) is 9.69 Å². The molecule has 180 valence electrons. The van der Waals surface area contributed by atoms with Gasteiger partial charge in [-0.1, -0.05) is 42.8 Å². The Balaban J connectivity index is 1.46. The van der Waals surface area contributed by atoms with Crippen molar-refractivity contribution in [2.45, 2.75) is 43.7 Å². The maximum absolute atomic E-state index is 13.0. The monoisotopic (exact) mass is 481 g/mol. The number of benzene rings is 2. The summed E-state index contributed by atoms with van der Waals surface area (Å²) in [6.45, 7) is 4.21. The molecule has 1 unspecified atom stereocenters. The van der Waals surface area contributed by atoms with Gasteiger partial charge in [-0.25, -0.2) is 13.1 Å². The largest absolute Gasteiger partial charge is 0.468 e. The van der Waals surface area contributed by atoms with Gasteiger partial charge in [0, 0.05) is 18.7 Å². The lowest BCUT2D eigenvalue weighted by atomic mass is 10.1. The highest BCUT2D eigenvalue weighted by molar-refractivity contribution is 7.89. The number of likely N-dealkylation sites (tertiary alicyclic amines) is 1. The number of nitrogens with zero attached hydrogens (tertiary/aromatic N) is 1. The number of rotatable bonds is 9. The number of hydrogen-bond acceptors (Lipinski definition) is 5. The lowest BCUT2D eigenvalue weighted by molar-refractivity contribution is 0.0914. The molecule has 2 aromatic carbocycles. The van der Waals surface area contributed by atoms with Crippen molar-refractivity contribution in [1.82, 2.24) is 14.9 Å². The lowest BCUT2D eigenvalue weighted by Crippen LogP contribution is -2.40. The predicted octanol–water partition coefficient (Wildman–Crippen LogP) is 4.02. The van der Waals surface area contributed by atoms with Crippen LogP contribution in [0.15, 0.2) is 76.2 Å². The zero-order valence-corrected chi connectivity index (χ0v) is 20.2. The van der Waals surface area contributed by atoms with E-state index in [-0.39, 0.29) is 23.4 Å². The SMILES string of the molecule is Cc1ccc(C(=O)NCC(c2ccco2)N2CCCCC2)cc1S(=O)(=O)NCc1ccccc1.